The van der Waals surface area contributed by atoms with Crippen LogP contribution in [0.3, 0.4) is 0 Å². The fourth-order valence-corrected chi connectivity index (χ4v) is 1.30. The Bertz CT molecular complexity index is 81.3. The summed E-state index contributed by atoms with van der Waals surface area (Å²) in [6.45, 7) is 5.90. The Morgan fingerprint density at radius 1 is 1.40 bits per heavy atom. The maximum atomic E-state index is 3.43. The van der Waals surface area contributed by atoms with Crippen LogP contribution in [-0.4, -0.2) is 37.6 Å². The third kappa shape index (κ3) is 2.27. The molecule has 0 spiro atoms. The molecule has 1 unspecified atom stereocenters. The van der Waals surface area contributed by atoms with Crippen molar-refractivity contribution in [2.24, 2.45) is 0 Å². The van der Waals surface area contributed by atoms with Crippen LogP contribution in [0.25, 0.3) is 0 Å². The molecule has 10 heavy (non-hydrogen) atoms. The molecule has 2 heteroatoms. The SMILES string of the molecule is CC1CNCCCCN1C. The number of nitrogens with zero attached hydrogens (tertiary/aromatic N) is 1. The molecule has 1 fully saturated rings. The quantitative estimate of drug-likeness (QED) is 0.535. The lowest BCUT2D eigenvalue weighted by Gasteiger charge is -2.27. The molecule has 1 N–H and O–H groups in total. The zero-order chi connectivity index (χ0) is 7.40. The van der Waals surface area contributed by atoms with Gasteiger partial charge in [0, 0.05) is 12.6 Å². The maximum Gasteiger partial charge on any atom is 0.0189 e. The Hall–Kier alpha value is -0.0800. The van der Waals surface area contributed by atoms with Crippen LogP contribution in [-0.2, 0) is 0 Å². The van der Waals surface area contributed by atoms with Gasteiger partial charge in [0.15, 0.2) is 0 Å². The van der Waals surface area contributed by atoms with E-state index in [1.54, 1.807) is 0 Å². The molecule has 1 aliphatic rings. The predicted molar refractivity (Wildman–Crippen MR) is 44.2 cm³/mol. The first-order valence-electron chi connectivity index (χ1n) is 4.21. The van der Waals surface area contributed by atoms with E-state index in [9.17, 15) is 0 Å². The monoisotopic (exact) mass is 142 g/mol. The van der Waals surface area contributed by atoms with Gasteiger partial charge in [0.2, 0.25) is 0 Å². The molecular weight excluding hydrogens is 124 g/mol. The Morgan fingerprint density at radius 3 is 3.00 bits per heavy atom. The fourth-order valence-electron chi connectivity index (χ4n) is 1.30. The number of hydrogen-bond donors (Lipinski definition) is 1. The van der Waals surface area contributed by atoms with Gasteiger partial charge in [0.1, 0.15) is 0 Å². The summed E-state index contributed by atoms with van der Waals surface area (Å²) in [5.41, 5.74) is 0. The van der Waals surface area contributed by atoms with Crippen molar-refractivity contribution in [3.8, 4) is 0 Å². The minimum atomic E-state index is 0.709. The highest BCUT2D eigenvalue weighted by atomic mass is 15.1. The molecule has 0 aromatic heterocycles. The molecule has 1 atom stereocenters. The molecule has 0 aromatic carbocycles. The second kappa shape index (κ2) is 3.94. The maximum absolute atomic E-state index is 3.43. The lowest BCUT2D eigenvalue weighted by Crippen LogP contribution is -2.40. The van der Waals surface area contributed by atoms with E-state index in [1.165, 1.54) is 25.9 Å². The van der Waals surface area contributed by atoms with Crippen LogP contribution < -0.4 is 5.32 Å². The lowest BCUT2D eigenvalue weighted by molar-refractivity contribution is 0.232. The first-order chi connectivity index (χ1) is 4.80. The van der Waals surface area contributed by atoms with Crippen LogP contribution in [0.15, 0.2) is 0 Å². The van der Waals surface area contributed by atoms with E-state index in [1.807, 2.05) is 0 Å². The molecule has 0 bridgehead atoms. The molecule has 0 aromatic rings. The van der Waals surface area contributed by atoms with Gasteiger partial charge in [-0.1, -0.05) is 0 Å². The second-order valence-corrected chi connectivity index (χ2v) is 3.24. The van der Waals surface area contributed by atoms with E-state index < -0.39 is 0 Å². The molecular formula is C8H18N2. The average Bonchev–Trinajstić information content (AvgIpc) is 1.92. The van der Waals surface area contributed by atoms with Crippen molar-refractivity contribution in [3.63, 3.8) is 0 Å². The van der Waals surface area contributed by atoms with Gasteiger partial charge >= 0.3 is 0 Å². The van der Waals surface area contributed by atoms with Gasteiger partial charge in [0.25, 0.3) is 0 Å². The molecule has 1 aliphatic heterocycles. The van der Waals surface area contributed by atoms with Gasteiger partial charge < -0.3 is 10.2 Å². The van der Waals surface area contributed by atoms with Crippen molar-refractivity contribution in [3.05, 3.63) is 0 Å². The van der Waals surface area contributed by atoms with Gasteiger partial charge in [-0.05, 0) is 39.9 Å². The van der Waals surface area contributed by atoms with E-state index in [-0.39, 0.29) is 0 Å². The molecule has 0 saturated carbocycles. The summed E-state index contributed by atoms with van der Waals surface area (Å²) in [4.78, 5) is 2.42. The van der Waals surface area contributed by atoms with E-state index in [0.29, 0.717) is 6.04 Å². The van der Waals surface area contributed by atoms with Crippen molar-refractivity contribution >= 4 is 0 Å². The Morgan fingerprint density at radius 2 is 2.20 bits per heavy atom. The average molecular weight is 142 g/mol. The fraction of sp³-hybridized carbons (Fsp3) is 1.00. The third-order valence-corrected chi connectivity index (χ3v) is 2.31. The van der Waals surface area contributed by atoms with E-state index in [4.69, 9.17) is 0 Å². The van der Waals surface area contributed by atoms with Crippen molar-refractivity contribution in [2.75, 3.05) is 26.7 Å². The van der Waals surface area contributed by atoms with Crippen LogP contribution in [0.4, 0.5) is 0 Å². The normalized spacial score (nSPS) is 31.2. The molecule has 0 radical (unpaired) electrons. The second-order valence-electron chi connectivity index (χ2n) is 3.24. The smallest absolute Gasteiger partial charge is 0.0189 e. The highest BCUT2D eigenvalue weighted by Gasteiger charge is 2.09. The van der Waals surface area contributed by atoms with E-state index >= 15 is 0 Å². The summed E-state index contributed by atoms with van der Waals surface area (Å²) in [7, 11) is 2.21. The van der Waals surface area contributed by atoms with Crippen LogP contribution in [0, 0.1) is 0 Å². The summed E-state index contributed by atoms with van der Waals surface area (Å²) >= 11 is 0. The van der Waals surface area contributed by atoms with Crippen LogP contribution in [0.5, 0.6) is 0 Å². The third-order valence-electron chi connectivity index (χ3n) is 2.31. The van der Waals surface area contributed by atoms with Gasteiger partial charge in [0.05, 0.1) is 0 Å². The van der Waals surface area contributed by atoms with Crippen LogP contribution in [0.1, 0.15) is 19.8 Å². The van der Waals surface area contributed by atoms with Crippen molar-refractivity contribution < 1.29 is 0 Å². The topological polar surface area (TPSA) is 15.3 Å². The standard InChI is InChI=1S/C8H18N2/c1-8-7-9-5-3-4-6-10(8)2/h8-9H,3-7H2,1-2H3. The number of nitrogens with one attached hydrogen (secondary N) is 1. The largest absolute Gasteiger partial charge is 0.315 e. The molecule has 0 amide bonds. The number of rotatable bonds is 0. The summed E-state index contributed by atoms with van der Waals surface area (Å²) in [5, 5.41) is 3.43. The van der Waals surface area contributed by atoms with Gasteiger partial charge in [-0.25, -0.2) is 0 Å². The molecule has 0 aliphatic carbocycles. The number of hydrogen-bond acceptors (Lipinski definition) is 2. The summed E-state index contributed by atoms with van der Waals surface area (Å²) in [6.07, 6.45) is 2.67. The van der Waals surface area contributed by atoms with E-state index in [2.05, 4.69) is 24.2 Å². The Balaban J connectivity index is 2.28. The minimum absolute atomic E-state index is 0.709. The molecule has 60 valence electrons. The summed E-state index contributed by atoms with van der Waals surface area (Å²) in [5.74, 6) is 0. The van der Waals surface area contributed by atoms with Gasteiger partial charge in [-0.3, -0.25) is 0 Å². The van der Waals surface area contributed by atoms with Gasteiger partial charge in [-0.15, -0.1) is 0 Å². The Labute approximate surface area is 63.6 Å². The minimum Gasteiger partial charge on any atom is -0.315 e. The molecule has 1 saturated heterocycles. The molecule has 2 nitrogen and oxygen atoms in total. The zero-order valence-electron chi connectivity index (χ0n) is 7.06. The molecule has 1 heterocycles. The lowest BCUT2D eigenvalue weighted by atomic mass is 10.2. The van der Waals surface area contributed by atoms with Crippen LogP contribution in [0.2, 0.25) is 0 Å². The summed E-state index contributed by atoms with van der Waals surface area (Å²) < 4.78 is 0. The van der Waals surface area contributed by atoms with Gasteiger partial charge in [-0.2, -0.15) is 0 Å². The van der Waals surface area contributed by atoms with E-state index in [0.717, 1.165) is 6.54 Å². The highest BCUT2D eigenvalue weighted by Crippen LogP contribution is 2.00. The van der Waals surface area contributed by atoms with Crippen molar-refractivity contribution in [1.29, 1.82) is 0 Å². The summed E-state index contributed by atoms with van der Waals surface area (Å²) in [6, 6.07) is 0.709. The molecule has 1 rings (SSSR count). The van der Waals surface area contributed by atoms with Crippen LogP contribution >= 0.6 is 0 Å². The zero-order valence-corrected chi connectivity index (χ0v) is 7.06. The predicted octanol–water partition coefficient (Wildman–Crippen LogP) is 0.690. The number of likely N-dealkylation sites (N-methyl/N-ethyl adjacent to an activating group) is 1. The first kappa shape index (κ1) is 8.02. The first-order valence-corrected chi connectivity index (χ1v) is 4.21. The Kier molecular flexibility index (Phi) is 3.16. The van der Waals surface area contributed by atoms with Crippen molar-refractivity contribution in [1.82, 2.24) is 10.2 Å². The van der Waals surface area contributed by atoms with Crippen molar-refractivity contribution in [2.45, 2.75) is 25.8 Å². The highest BCUT2D eigenvalue weighted by molar-refractivity contribution is 4.68.